The molecule has 2 aromatic rings. The minimum atomic E-state index is 0.0963. The van der Waals surface area contributed by atoms with Gasteiger partial charge in [-0.1, -0.05) is 32.0 Å². The van der Waals surface area contributed by atoms with E-state index in [1.165, 1.54) is 35.1 Å². The van der Waals surface area contributed by atoms with Gasteiger partial charge in [-0.3, -0.25) is 9.69 Å². The van der Waals surface area contributed by atoms with E-state index in [1.54, 1.807) is 4.57 Å². The van der Waals surface area contributed by atoms with Crippen molar-refractivity contribution >= 4 is 0 Å². The molecular formula is C25H35N3O. The molecule has 0 spiro atoms. The molecule has 4 heteroatoms. The zero-order valence-electron chi connectivity index (χ0n) is 18.9. The zero-order chi connectivity index (χ0) is 20.9. The van der Waals surface area contributed by atoms with Crippen LogP contribution in [0.15, 0.2) is 29.2 Å². The molecule has 1 saturated carbocycles. The molecule has 1 aliphatic carbocycles. The summed E-state index contributed by atoms with van der Waals surface area (Å²) >= 11 is 0. The number of aryl methyl sites for hydroxylation is 1. The van der Waals surface area contributed by atoms with Crippen LogP contribution >= 0.6 is 0 Å². The van der Waals surface area contributed by atoms with Crippen LogP contribution in [0.4, 0.5) is 0 Å². The summed E-state index contributed by atoms with van der Waals surface area (Å²) in [5, 5.41) is 0. The highest BCUT2D eigenvalue weighted by atomic mass is 16.1. The number of piperazine rings is 1. The van der Waals surface area contributed by atoms with Crippen molar-refractivity contribution in [2.24, 2.45) is 7.05 Å². The molecule has 0 N–H and O–H groups in total. The molecule has 0 radical (unpaired) electrons. The molecule has 2 heterocycles. The Morgan fingerprint density at radius 1 is 0.966 bits per heavy atom. The molecule has 4 nitrogen and oxygen atoms in total. The topological polar surface area (TPSA) is 28.5 Å². The molecule has 0 unspecified atom stereocenters. The van der Waals surface area contributed by atoms with E-state index < -0.39 is 0 Å². The first-order chi connectivity index (χ1) is 13.7. The Labute approximate surface area is 175 Å². The first-order valence-corrected chi connectivity index (χ1v) is 11.0. The number of nitrogens with zero attached hydrogens (tertiary/aromatic N) is 3. The fourth-order valence-corrected chi connectivity index (χ4v) is 5.01. The second-order valence-corrected chi connectivity index (χ2v) is 9.49. The molecule has 0 atom stereocenters. The maximum Gasteiger partial charge on any atom is 0.253 e. The minimum absolute atomic E-state index is 0.0963. The van der Waals surface area contributed by atoms with Crippen molar-refractivity contribution in [2.75, 3.05) is 33.2 Å². The van der Waals surface area contributed by atoms with Crippen molar-refractivity contribution in [3.63, 3.8) is 0 Å². The third-order valence-corrected chi connectivity index (χ3v) is 7.25. The molecule has 1 aromatic heterocycles. The molecule has 1 aromatic carbocycles. The monoisotopic (exact) mass is 393 g/mol. The predicted molar refractivity (Wildman–Crippen MR) is 121 cm³/mol. The van der Waals surface area contributed by atoms with E-state index in [-0.39, 0.29) is 11.1 Å². The van der Waals surface area contributed by atoms with E-state index in [2.05, 4.69) is 55.8 Å². The summed E-state index contributed by atoms with van der Waals surface area (Å²) in [5.41, 5.74) is 7.66. The highest BCUT2D eigenvalue weighted by molar-refractivity contribution is 5.69. The van der Waals surface area contributed by atoms with Crippen LogP contribution in [0.25, 0.3) is 11.1 Å². The molecule has 0 bridgehead atoms. The standard InChI is InChI=1S/C25H35N3O/c1-17(2)21-15-20(22-16-27(6)24(29)19(4)18(22)3)7-8-23(21)25(9-10-25)28-13-11-26(5)12-14-28/h7-8,15-17H,9-14H2,1-6H3. The van der Waals surface area contributed by atoms with Crippen molar-refractivity contribution in [1.29, 1.82) is 0 Å². The van der Waals surface area contributed by atoms with Crippen molar-refractivity contribution in [2.45, 2.75) is 52.0 Å². The van der Waals surface area contributed by atoms with Gasteiger partial charge in [0.15, 0.2) is 0 Å². The van der Waals surface area contributed by atoms with Crippen molar-refractivity contribution in [1.82, 2.24) is 14.4 Å². The molecule has 0 amide bonds. The Morgan fingerprint density at radius 2 is 1.62 bits per heavy atom. The second-order valence-electron chi connectivity index (χ2n) is 9.49. The number of hydrogen-bond acceptors (Lipinski definition) is 3. The lowest BCUT2D eigenvalue weighted by molar-refractivity contribution is 0.0970. The van der Waals surface area contributed by atoms with Gasteiger partial charge in [0.05, 0.1) is 0 Å². The van der Waals surface area contributed by atoms with Gasteiger partial charge < -0.3 is 9.47 Å². The SMILES string of the molecule is Cc1c(-c2ccc(C3(N4CCN(C)CC4)CC3)c(C(C)C)c2)cn(C)c(=O)c1C. The van der Waals surface area contributed by atoms with Gasteiger partial charge in [-0.25, -0.2) is 0 Å². The Hall–Kier alpha value is -1.91. The van der Waals surface area contributed by atoms with Crippen molar-refractivity contribution < 1.29 is 0 Å². The van der Waals surface area contributed by atoms with Gasteiger partial charge in [-0.15, -0.1) is 0 Å². The number of pyridine rings is 1. The maximum atomic E-state index is 12.3. The van der Waals surface area contributed by atoms with Crippen LogP contribution in [0.1, 0.15) is 54.9 Å². The lowest BCUT2D eigenvalue weighted by atomic mass is 9.86. The number of likely N-dealkylation sites (N-methyl/N-ethyl adjacent to an activating group) is 1. The normalized spacial score (nSPS) is 19.7. The summed E-state index contributed by atoms with van der Waals surface area (Å²) < 4.78 is 1.72. The predicted octanol–water partition coefficient (Wildman–Crippen LogP) is 4.03. The smallest absolute Gasteiger partial charge is 0.253 e. The fraction of sp³-hybridized carbons (Fsp3) is 0.560. The van der Waals surface area contributed by atoms with Gasteiger partial charge in [0, 0.05) is 56.1 Å². The highest BCUT2D eigenvalue weighted by Crippen LogP contribution is 2.53. The number of aromatic nitrogens is 1. The van der Waals surface area contributed by atoms with Crippen LogP contribution in [0.3, 0.4) is 0 Å². The van der Waals surface area contributed by atoms with Crippen molar-refractivity contribution in [3.8, 4) is 11.1 Å². The van der Waals surface area contributed by atoms with E-state index in [9.17, 15) is 4.79 Å². The molecule has 2 fully saturated rings. The minimum Gasteiger partial charge on any atom is -0.318 e. The average Bonchev–Trinajstić information content (AvgIpc) is 3.51. The van der Waals surface area contributed by atoms with Crippen LogP contribution in [-0.4, -0.2) is 47.6 Å². The van der Waals surface area contributed by atoms with Crippen LogP contribution < -0.4 is 5.56 Å². The summed E-state index contributed by atoms with van der Waals surface area (Å²) in [6.07, 6.45) is 4.54. The maximum absolute atomic E-state index is 12.3. The second kappa shape index (κ2) is 7.41. The molecule has 4 rings (SSSR count). The van der Waals surface area contributed by atoms with E-state index in [0.717, 1.165) is 37.3 Å². The lowest BCUT2D eigenvalue weighted by Crippen LogP contribution is -2.49. The molecule has 1 aliphatic heterocycles. The highest BCUT2D eigenvalue weighted by Gasteiger charge is 2.50. The lowest BCUT2D eigenvalue weighted by Gasteiger charge is -2.40. The van der Waals surface area contributed by atoms with E-state index in [4.69, 9.17) is 0 Å². The van der Waals surface area contributed by atoms with E-state index in [0.29, 0.717) is 5.92 Å². The van der Waals surface area contributed by atoms with Crippen LogP contribution in [0.2, 0.25) is 0 Å². The van der Waals surface area contributed by atoms with Crippen molar-refractivity contribution in [3.05, 3.63) is 57.0 Å². The third-order valence-electron chi connectivity index (χ3n) is 7.25. The quantitative estimate of drug-likeness (QED) is 0.785. The third kappa shape index (κ3) is 3.47. The Morgan fingerprint density at radius 3 is 2.21 bits per heavy atom. The summed E-state index contributed by atoms with van der Waals surface area (Å²) in [7, 11) is 4.07. The zero-order valence-corrected chi connectivity index (χ0v) is 18.9. The van der Waals surface area contributed by atoms with Gasteiger partial charge >= 0.3 is 0 Å². The molecule has 2 aliphatic rings. The van der Waals surface area contributed by atoms with Gasteiger partial charge in [0.2, 0.25) is 0 Å². The molecular weight excluding hydrogens is 358 g/mol. The Bertz CT molecular complexity index is 976. The van der Waals surface area contributed by atoms with Gasteiger partial charge in [0.1, 0.15) is 0 Å². The van der Waals surface area contributed by atoms with Gasteiger partial charge in [-0.2, -0.15) is 0 Å². The number of benzene rings is 1. The van der Waals surface area contributed by atoms with Gasteiger partial charge in [-0.05, 0) is 61.9 Å². The molecule has 29 heavy (non-hydrogen) atoms. The fourth-order valence-electron chi connectivity index (χ4n) is 5.01. The van der Waals surface area contributed by atoms with E-state index in [1.807, 2.05) is 20.2 Å². The summed E-state index contributed by atoms with van der Waals surface area (Å²) in [5.74, 6) is 0.476. The average molecular weight is 394 g/mol. The Kier molecular flexibility index (Phi) is 5.20. The summed E-state index contributed by atoms with van der Waals surface area (Å²) in [6.45, 7) is 13.3. The van der Waals surface area contributed by atoms with Gasteiger partial charge in [0.25, 0.3) is 5.56 Å². The van der Waals surface area contributed by atoms with E-state index >= 15 is 0 Å². The molecule has 1 saturated heterocycles. The Balaban J connectivity index is 1.77. The number of rotatable bonds is 4. The first-order valence-electron chi connectivity index (χ1n) is 11.0. The summed E-state index contributed by atoms with van der Waals surface area (Å²) in [4.78, 5) is 17.5. The number of hydrogen-bond donors (Lipinski definition) is 0. The largest absolute Gasteiger partial charge is 0.318 e. The first kappa shape index (κ1) is 20.4. The van der Waals surface area contributed by atoms with Crippen LogP contribution in [-0.2, 0) is 12.6 Å². The van der Waals surface area contributed by atoms with Crippen LogP contribution in [0, 0.1) is 13.8 Å². The molecule has 156 valence electrons. The van der Waals surface area contributed by atoms with Crippen LogP contribution in [0.5, 0.6) is 0 Å². The summed E-state index contributed by atoms with van der Waals surface area (Å²) in [6, 6.07) is 7.06.